The van der Waals surface area contributed by atoms with Crippen LogP contribution in [0.5, 0.6) is 0 Å². The van der Waals surface area contributed by atoms with E-state index < -0.39 is 18.0 Å². The molecule has 0 spiro atoms. The van der Waals surface area contributed by atoms with Gasteiger partial charge in [-0.15, -0.1) is 0 Å². The van der Waals surface area contributed by atoms with Crippen molar-refractivity contribution < 1.29 is 38.3 Å². The molecule has 8 heteroatoms. The van der Waals surface area contributed by atoms with Crippen molar-refractivity contribution in [3.05, 3.63) is 35.9 Å². The van der Waals surface area contributed by atoms with Crippen molar-refractivity contribution in [3.63, 3.8) is 0 Å². The van der Waals surface area contributed by atoms with Gasteiger partial charge in [-0.05, 0) is 18.4 Å². The first-order valence-corrected chi connectivity index (χ1v) is 10.6. The molecule has 1 aromatic rings. The molecule has 3 unspecified atom stereocenters. The van der Waals surface area contributed by atoms with Gasteiger partial charge in [0.2, 0.25) is 0 Å². The predicted octanol–water partition coefficient (Wildman–Crippen LogP) is 1.33. The van der Waals surface area contributed by atoms with E-state index in [1.807, 2.05) is 30.3 Å². The van der Waals surface area contributed by atoms with E-state index in [1.54, 1.807) is 0 Å². The van der Waals surface area contributed by atoms with Crippen LogP contribution < -0.4 is 0 Å². The van der Waals surface area contributed by atoms with E-state index in [0.29, 0.717) is 26.1 Å². The zero-order valence-corrected chi connectivity index (χ0v) is 17.0. The van der Waals surface area contributed by atoms with E-state index in [4.69, 9.17) is 28.4 Å². The van der Waals surface area contributed by atoms with E-state index in [2.05, 4.69) is 0 Å². The molecule has 4 saturated heterocycles. The fourth-order valence-electron chi connectivity index (χ4n) is 5.04. The molecule has 0 aliphatic carbocycles. The average molecular weight is 420 g/mol. The number of benzene rings is 1. The molecule has 30 heavy (non-hydrogen) atoms. The molecule has 1 aromatic carbocycles. The zero-order valence-electron chi connectivity index (χ0n) is 17.0. The number of rotatable bonds is 7. The number of fused-ring (bicyclic) bond motifs is 3. The average Bonchev–Trinajstić information content (AvgIpc) is 3.29. The Morgan fingerprint density at radius 1 is 1.10 bits per heavy atom. The van der Waals surface area contributed by atoms with Gasteiger partial charge >= 0.3 is 5.97 Å². The smallest absolute Gasteiger partial charge is 0.308 e. The number of ether oxygens (including phenoxy) is 6. The highest BCUT2D eigenvalue weighted by molar-refractivity contribution is 5.69. The Balaban J connectivity index is 1.21. The highest BCUT2D eigenvalue weighted by atomic mass is 16.8. The molecule has 8 nitrogen and oxygen atoms in total. The molecular weight excluding hydrogens is 392 g/mol. The van der Waals surface area contributed by atoms with Crippen LogP contribution in [0.1, 0.15) is 31.2 Å². The van der Waals surface area contributed by atoms with Crippen molar-refractivity contribution >= 4 is 5.97 Å². The summed E-state index contributed by atoms with van der Waals surface area (Å²) in [6.07, 6.45) is -0.670. The lowest BCUT2D eigenvalue weighted by Crippen LogP contribution is -2.65. The monoisotopic (exact) mass is 420 g/mol. The summed E-state index contributed by atoms with van der Waals surface area (Å²) < 4.78 is 35.3. The topological polar surface area (TPSA) is 92.7 Å². The van der Waals surface area contributed by atoms with E-state index in [9.17, 15) is 9.90 Å². The molecule has 5 rings (SSSR count). The molecule has 164 valence electrons. The third-order valence-electron chi connectivity index (χ3n) is 6.55. The van der Waals surface area contributed by atoms with Gasteiger partial charge in [0.05, 0.1) is 39.0 Å². The standard InChI is InChI=1S/C22H28O8/c1-25-16(23)11-14-7-8-15-17(27-14)18-19-20(28-15)21(24)22(29-18,30-19)9-10-26-12-13-5-3-2-4-6-13/h2-6,14-15,17-21,24H,7-12H2,1H3/t14?,15?,17-,18-,19-,20+,21-,22?/m0/s1. The van der Waals surface area contributed by atoms with E-state index in [-0.39, 0.29) is 42.9 Å². The van der Waals surface area contributed by atoms with Gasteiger partial charge in [0, 0.05) is 6.42 Å². The van der Waals surface area contributed by atoms with Gasteiger partial charge in [-0.3, -0.25) is 4.79 Å². The van der Waals surface area contributed by atoms with Gasteiger partial charge in [-0.2, -0.15) is 0 Å². The Morgan fingerprint density at radius 2 is 1.87 bits per heavy atom. The fraction of sp³-hybridized carbons (Fsp3) is 0.682. The highest BCUT2D eigenvalue weighted by Crippen LogP contribution is 2.52. The van der Waals surface area contributed by atoms with Crippen LogP contribution in [-0.2, 0) is 39.8 Å². The zero-order chi connectivity index (χ0) is 20.7. The van der Waals surface area contributed by atoms with Crippen molar-refractivity contribution in [1.82, 2.24) is 0 Å². The van der Waals surface area contributed by atoms with Crippen LogP contribution >= 0.6 is 0 Å². The first-order valence-electron chi connectivity index (χ1n) is 10.6. The normalized spacial score (nSPS) is 41.5. The van der Waals surface area contributed by atoms with Gasteiger partial charge in [0.15, 0.2) is 5.79 Å². The maximum Gasteiger partial charge on any atom is 0.308 e. The van der Waals surface area contributed by atoms with Gasteiger partial charge in [-0.1, -0.05) is 30.3 Å². The Bertz CT molecular complexity index is 757. The number of aliphatic hydroxyl groups excluding tert-OH is 1. The molecule has 8 atom stereocenters. The number of aliphatic hydroxyl groups is 1. The third-order valence-corrected chi connectivity index (χ3v) is 6.55. The molecule has 0 aromatic heterocycles. The summed E-state index contributed by atoms with van der Waals surface area (Å²) in [6, 6.07) is 9.92. The van der Waals surface area contributed by atoms with Crippen LogP contribution in [-0.4, -0.2) is 73.3 Å². The Hall–Kier alpha value is -1.55. The lowest BCUT2D eigenvalue weighted by atomic mass is 9.85. The molecule has 0 amide bonds. The SMILES string of the molecule is COC(=O)CC1CCC2O[C@@H]3[C@H]4OC(CCOCc5ccccc5)(O[C@H]4[C@H]2O1)[C@H]3O. The third kappa shape index (κ3) is 3.55. The van der Waals surface area contributed by atoms with Crippen LogP contribution in [0.15, 0.2) is 30.3 Å². The summed E-state index contributed by atoms with van der Waals surface area (Å²) in [5.74, 6) is -1.43. The second-order valence-corrected chi connectivity index (χ2v) is 8.43. The van der Waals surface area contributed by atoms with E-state index in [1.165, 1.54) is 7.11 Å². The second kappa shape index (κ2) is 8.18. The minimum Gasteiger partial charge on any atom is -0.469 e. The number of esters is 1. The molecule has 0 saturated carbocycles. The summed E-state index contributed by atoms with van der Waals surface area (Å²) in [4.78, 5) is 11.6. The Kier molecular flexibility index (Phi) is 5.55. The lowest BCUT2D eigenvalue weighted by Gasteiger charge is -2.49. The molecule has 4 heterocycles. The van der Waals surface area contributed by atoms with Crippen molar-refractivity contribution in [2.75, 3.05) is 13.7 Å². The highest BCUT2D eigenvalue weighted by Gasteiger charge is 2.70. The molecule has 1 N–H and O–H groups in total. The second-order valence-electron chi connectivity index (χ2n) is 8.43. The molecule has 4 aliphatic rings. The Morgan fingerprint density at radius 3 is 2.63 bits per heavy atom. The van der Waals surface area contributed by atoms with Crippen molar-refractivity contribution in [1.29, 1.82) is 0 Å². The van der Waals surface area contributed by atoms with Gasteiger partial charge in [-0.25, -0.2) is 0 Å². The van der Waals surface area contributed by atoms with Crippen LogP contribution in [0.4, 0.5) is 0 Å². The van der Waals surface area contributed by atoms with E-state index in [0.717, 1.165) is 12.0 Å². The molecule has 0 radical (unpaired) electrons. The minimum atomic E-state index is -1.14. The number of hydrogen-bond acceptors (Lipinski definition) is 8. The summed E-state index contributed by atoms with van der Waals surface area (Å²) in [6.45, 7) is 0.876. The largest absolute Gasteiger partial charge is 0.469 e. The Labute approximate surface area is 175 Å². The number of hydrogen-bond donors (Lipinski definition) is 1. The maximum atomic E-state index is 11.6. The molecule has 2 bridgehead atoms. The first kappa shape index (κ1) is 20.4. The van der Waals surface area contributed by atoms with Crippen LogP contribution in [0.2, 0.25) is 0 Å². The summed E-state index contributed by atoms with van der Waals surface area (Å²) in [5.41, 5.74) is 1.09. The minimum absolute atomic E-state index is 0.172. The van der Waals surface area contributed by atoms with Crippen LogP contribution in [0, 0.1) is 0 Å². The van der Waals surface area contributed by atoms with Crippen LogP contribution in [0.25, 0.3) is 0 Å². The quantitative estimate of drug-likeness (QED) is 0.522. The molecule has 4 aliphatic heterocycles. The summed E-state index contributed by atoms with van der Waals surface area (Å²) in [7, 11) is 1.38. The van der Waals surface area contributed by atoms with Crippen molar-refractivity contribution in [3.8, 4) is 0 Å². The molecular formula is C22H28O8. The number of carbonyl (C=O) groups excluding carboxylic acids is 1. The van der Waals surface area contributed by atoms with Gasteiger partial charge < -0.3 is 33.5 Å². The number of methoxy groups -OCH3 is 1. The summed E-state index contributed by atoms with van der Waals surface area (Å²) >= 11 is 0. The number of carbonyl (C=O) groups is 1. The maximum absolute atomic E-state index is 11.6. The van der Waals surface area contributed by atoms with Gasteiger partial charge in [0.1, 0.15) is 30.5 Å². The van der Waals surface area contributed by atoms with E-state index >= 15 is 0 Å². The fourth-order valence-corrected chi connectivity index (χ4v) is 5.04. The first-order chi connectivity index (χ1) is 14.6. The summed E-state index contributed by atoms with van der Waals surface area (Å²) in [5, 5.41) is 10.9. The predicted molar refractivity (Wildman–Crippen MR) is 102 cm³/mol. The van der Waals surface area contributed by atoms with Crippen molar-refractivity contribution in [2.24, 2.45) is 0 Å². The van der Waals surface area contributed by atoms with Crippen LogP contribution in [0.3, 0.4) is 0 Å². The van der Waals surface area contributed by atoms with Gasteiger partial charge in [0.25, 0.3) is 0 Å². The van der Waals surface area contributed by atoms with Crippen molar-refractivity contribution in [2.45, 2.75) is 80.8 Å². The molecule has 4 fully saturated rings. The lowest BCUT2D eigenvalue weighted by molar-refractivity contribution is -0.301.